The first kappa shape index (κ1) is 23.1. The lowest BCUT2D eigenvalue weighted by Crippen LogP contribution is -2.39. The van der Waals surface area contributed by atoms with Gasteiger partial charge in [-0.1, -0.05) is 29.3 Å². The first-order chi connectivity index (χ1) is 16.7. The summed E-state index contributed by atoms with van der Waals surface area (Å²) in [6.45, 7) is 0.0200. The van der Waals surface area contributed by atoms with E-state index in [1.807, 2.05) is 0 Å². The van der Waals surface area contributed by atoms with Crippen LogP contribution in [0.25, 0.3) is 11.2 Å². The zero-order valence-electron chi connectivity index (χ0n) is 18.7. The first-order valence-corrected chi connectivity index (χ1v) is 11.5. The van der Waals surface area contributed by atoms with E-state index in [9.17, 15) is 19.5 Å². The molecule has 180 valence electrons. The van der Waals surface area contributed by atoms with Crippen LogP contribution in [0.4, 0.5) is 11.6 Å². The number of anilines is 2. The Kier molecular flexibility index (Phi) is 5.65. The molecule has 1 fully saturated rings. The summed E-state index contributed by atoms with van der Waals surface area (Å²) in [7, 11) is 3.23. The molecule has 1 aromatic carbocycles. The van der Waals surface area contributed by atoms with Gasteiger partial charge in [-0.05, 0) is 36.2 Å². The second-order valence-electron chi connectivity index (χ2n) is 8.53. The van der Waals surface area contributed by atoms with Gasteiger partial charge in [0.05, 0.1) is 22.5 Å². The van der Waals surface area contributed by atoms with Gasteiger partial charge in [0.25, 0.3) is 5.56 Å². The molecule has 10 nitrogen and oxygen atoms in total. The normalized spacial score (nSPS) is 17.0. The Labute approximate surface area is 208 Å². The maximum Gasteiger partial charge on any atom is 0.332 e. The Balaban J connectivity index is 1.52. The summed E-state index contributed by atoms with van der Waals surface area (Å²) in [6, 6.07) is 8.43. The summed E-state index contributed by atoms with van der Waals surface area (Å²) in [5.74, 6) is -1.02. The molecule has 4 aromatic rings. The molecule has 0 spiro atoms. The Hall–Kier alpha value is -3.63. The molecule has 1 saturated carbocycles. The van der Waals surface area contributed by atoms with Crippen LogP contribution in [0.3, 0.4) is 0 Å². The predicted octanol–water partition coefficient (Wildman–Crippen LogP) is 3.12. The SMILES string of the molecule is Cn1c(Nc2ccnc(C3C[C@@H]3C(=O)O)c2)nc2c1c(=O)n(Cc1ccc(Cl)c(Cl)c1)c(=O)n2C. The molecule has 12 heteroatoms. The van der Waals surface area contributed by atoms with Crippen LogP contribution in [0.15, 0.2) is 46.1 Å². The van der Waals surface area contributed by atoms with Crippen LogP contribution in [0.2, 0.25) is 10.0 Å². The van der Waals surface area contributed by atoms with E-state index in [1.165, 1.54) is 4.57 Å². The molecule has 0 aliphatic heterocycles. The van der Waals surface area contributed by atoms with Gasteiger partial charge in [-0.15, -0.1) is 0 Å². The lowest BCUT2D eigenvalue weighted by atomic mass is 10.2. The number of fused-ring (bicyclic) bond motifs is 1. The average Bonchev–Trinajstić information content (AvgIpc) is 3.57. The van der Waals surface area contributed by atoms with Gasteiger partial charge in [0.15, 0.2) is 11.2 Å². The number of nitrogens with one attached hydrogen (secondary N) is 1. The van der Waals surface area contributed by atoms with E-state index < -0.39 is 23.1 Å². The zero-order valence-corrected chi connectivity index (χ0v) is 20.2. The molecule has 1 unspecified atom stereocenters. The minimum Gasteiger partial charge on any atom is -0.481 e. The lowest BCUT2D eigenvalue weighted by molar-refractivity contribution is -0.138. The smallest absolute Gasteiger partial charge is 0.332 e. The number of aliphatic carboxylic acids is 1. The van der Waals surface area contributed by atoms with Crippen LogP contribution in [-0.4, -0.2) is 34.7 Å². The summed E-state index contributed by atoms with van der Waals surface area (Å²) in [6.07, 6.45) is 2.15. The van der Waals surface area contributed by atoms with E-state index in [0.29, 0.717) is 39.4 Å². The van der Waals surface area contributed by atoms with Crippen LogP contribution < -0.4 is 16.6 Å². The number of hydrogen-bond donors (Lipinski definition) is 2. The second kappa shape index (κ2) is 8.54. The maximum atomic E-state index is 13.3. The number of aromatic nitrogens is 5. The number of imidazole rings is 1. The van der Waals surface area contributed by atoms with Gasteiger partial charge < -0.3 is 15.0 Å². The van der Waals surface area contributed by atoms with Crippen molar-refractivity contribution in [3.8, 4) is 0 Å². The van der Waals surface area contributed by atoms with Crippen molar-refractivity contribution in [2.24, 2.45) is 20.0 Å². The summed E-state index contributed by atoms with van der Waals surface area (Å²) in [4.78, 5) is 46.3. The number of aryl methyl sites for hydroxylation is 2. The van der Waals surface area contributed by atoms with Gasteiger partial charge in [-0.25, -0.2) is 4.79 Å². The van der Waals surface area contributed by atoms with Crippen molar-refractivity contribution >= 4 is 52.0 Å². The predicted molar refractivity (Wildman–Crippen MR) is 132 cm³/mol. The van der Waals surface area contributed by atoms with Crippen LogP contribution in [0.5, 0.6) is 0 Å². The van der Waals surface area contributed by atoms with Gasteiger partial charge in [0.2, 0.25) is 5.95 Å². The van der Waals surface area contributed by atoms with E-state index in [2.05, 4.69) is 15.3 Å². The monoisotopic (exact) mass is 514 g/mol. The Morgan fingerprint density at radius 2 is 1.91 bits per heavy atom. The molecular formula is C23H20Cl2N6O4. The van der Waals surface area contributed by atoms with E-state index in [0.717, 1.165) is 4.57 Å². The molecule has 1 aliphatic rings. The number of rotatable bonds is 6. The van der Waals surface area contributed by atoms with Crippen LogP contribution >= 0.6 is 23.2 Å². The largest absolute Gasteiger partial charge is 0.481 e. The summed E-state index contributed by atoms with van der Waals surface area (Å²) >= 11 is 12.1. The van der Waals surface area contributed by atoms with Gasteiger partial charge in [0.1, 0.15) is 0 Å². The Bertz CT molecular complexity index is 1620. The number of halogens is 2. The third-order valence-corrected chi connectivity index (χ3v) is 6.95. The quantitative estimate of drug-likeness (QED) is 0.405. The van der Waals surface area contributed by atoms with Gasteiger partial charge in [-0.2, -0.15) is 4.98 Å². The minimum absolute atomic E-state index is 0.0200. The summed E-state index contributed by atoms with van der Waals surface area (Å²) in [5.41, 5.74) is 1.45. The van der Waals surface area contributed by atoms with Gasteiger partial charge in [-0.3, -0.25) is 23.7 Å². The van der Waals surface area contributed by atoms with E-state index in [4.69, 9.17) is 23.2 Å². The van der Waals surface area contributed by atoms with E-state index in [-0.39, 0.29) is 23.6 Å². The molecule has 2 N–H and O–H groups in total. The number of hydrogen-bond acceptors (Lipinski definition) is 6. The van der Waals surface area contributed by atoms with Crippen LogP contribution in [-0.2, 0) is 25.4 Å². The minimum atomic E-state index is -0.830. The molecule has 0 saturated heterocycles. The third kappa shape index (κ3) is 4.08. The van der Waals surface area contributed by atoms with Crippen LogP contribution in [0, 0.1) is 5.92 Å². The van der Waals surface area contributed by atoms with Gasteiger partial charge in [0, 0.05) is 37.6 Å². The van der Waals surface area contributed by atoms with Crippen molar-refractivity contribution in [3.63, 3.8) is 0 Å². The number of nitrogens with zero attached hydrogens (tertiary/aromatic N) is 5. The third-order valence-electron chi connectivity index (χ3n) is 6.21. The van der Waals surface area contributed by atoms with Crippen LogP contribution in [0.1, 0.15) is 23.6 Å². The topological polar surface area (TPSA) is 124 Å². The molecule has 0 bridgehead atoms. The molecule has 5 rings (SSSR count). The fraction of sp³-hybridized carbons (Fsp3) is 0.261. The molecule has 2 atom stereocenters. The van der Waals surface area contributed by atoms with Crippen molar-refractivity contribution in [2.45, 2.75) is 18.9 Å². The fourth-order valence-electron chi connectivity index (χ4n) is 4.17. The number of carboxylic acids is 1. The standard InChI is InChI=1S/C23H20Cl2N6O4/c1-29-18-19(28-22(29)27-12-5-6-26-17(8-12)13-9-14(13)21(33)34)30(2)23(35)31(20(18)32)10-11-3-4-15(24)16(25)7-11/h3-8,13-14H,9-10H2,1-2H3,(H,33,34)(H,26,27,28)/t13?,14-/m0/s1. The molecule has 0 amide bonds. The van der Waals surface area contributed by atoms with Crippen molar-refractivity contribution in [1.82, 2.24) is 23.7 Å². The lowest BCUT2D eigenvalue weighted by Gasteiger charge is -2.10. The van der Waals surface area contributed by atoms with Crippen molar-refractivity contribution in [3.05, 3.63) is 78.7 Å². The summed E-state index contributed by atoms with van der Waals surface area (Å²) in [5, 5.41) is 13.1. The molecular weight excluding hydrogens is 495 g/mol. The fourth-order valence-corrected chi connectivity index (χ4v) is 4.49. The highest BCUT2D eigenvalue weighted by Gasteiger charge is 2.45. The zero-order chi connectivity index (χ0) is 25.0. The van der Waals surface area contributed by atoms with E-state index >= 15 is 0 Å². The number of pyridine rings is 1. The molecule has 35 heavy (non-hydrogen) atoms. The van der Waals surface area contributed by atoms with Crippen molar-refractivity contribution in [2.75, 3.05) is 5.32 Å². The maximum absolute atomic E-state index is 13.3. The van der Waals surface area contributed by atoms with Crippen molar-refractivity contribution in [1.29, 1.82) is 0 Å². The highest BCUT2D eigenvalue weighted by molar-refractivity contribution is 6.42. The Morgan fingerprint density at radius 3 is 2.60 bits per heavy atom. The second-order valence-corrected chi connectivity index (χ2v) is 9.34. The average molecular weight is 515 g/mol. The first-order valence-electron chi connectivity index (χ1n) is 10.7. The Morgan fingerprint density at radius 1 is 1.14 bits per heavy atom. The number of benzene rings is 1. The molecule has 3 aromatic heterocycles. The molecule has 1 aliphatic carbocycles. The van der Waals surface area contributed by atoms with Gasteiger partial charge >= 0.3 is 11.7 Å². The number of carboxylic acid groups (broad SMARTS) is 1. The van der Waals surface area contributed by atoms with E-state index in [1.54, 1.807) is 55.2 Å². The molecule has 0 radical (unpaired) electrons. The highest BCUT2D eigenvalue weighted by atomic mass is 35.5. The summed E-state index contributed by atoms with van der Waals surface area (Å²) < 4.78 is 4.02. The number of carbonyl (C=O) groups is 1. The highest BCUT2D eigenvalue weighted by Crippen LogP contribution is 2.47. The van der Waals surface area contributed by atoms with Crippen molar-refractivity contribution < 1.29 is 9.90 Å². The molecule has 3 heterocycles.